The first kappa shape index (κ1) is 12.7. The van der Waals surface area contributed by atoms with Gasteiger partial charge in [0.15, 0.2) is 0 Å². The maximum Gasteiger partial charge on any atom is -0.000664 e. The summed E-state index contributed by atoms with van der Waals surface area (Å²) < 4.78 is 0. The van der Waals surface area contributed by atoms with Gasteiger partial charge in [0.25, 0.3) is 0 Å². The van der Waals surface area contributed by atoms with Crippen LogP contribution in [0.4, 0.5) is 0 Å². The van der Waals surface area contributed by atoms with Gasteiger partial charge in [-0.2, -0.15) is 0 Å². The quantitative estimate of drug-likeness (QED) is 0.574. The molecule has 2 nitrogen and oxygen atoms in total. The predicted molar refractivity (Wildman–Crippen MR) is 76.6 cm³/mol. The Bertz CT molecular complexity index is 281. The zero-order valence-corrected chi connectivity index (χ0v) is 11.6. The minimum atomic E-state index is 0.907. The number of nitrogens with zero attached hydrogens (tertiary/aromatic N) is 1. The lowest BCUT2D eigenvalue weighted by Crippen LogP contribution is -2.33. The molecule has 0 aromatic carbocycles. The molecule has 2 fully saturated rings. The third-order valence-corrected chi connectivity index (χ3v) is 5.10. The fraction of sp³-hybridized carbons (Fsp3) is 0.875. The average molecular weight is 248 g/mol. The Labute approximate surface area is 112 Å². The lowest BCUT2D eigenvalue weighted by atomic mass is 9.94. The molecule has 3 atom stereocenters. The van der Waals surface area contributed by atoms with Crippen molar-refractivity contribution in [3.63, 3.8) is 0 Å². The molecule has 3 unspecified atom stereocenters. The molecule has 3 aliphatic rings. The van der Waals surface area contributed by atoms with Gasteiger partial charge in [0.2, 0.25) is 0 Å². The molecule has 2 bridgehead atoms. The first-order valence-corrected chi connectivity index (χ1v) is 8.03. The van der Waals surface area contributed by atoms with E-state index in [0.717, 1.165) is 17.8 Å². The molecule has 1 heterocycles. The van der Waals surface area contributed by atoms with E-state index in [9.17, 15) is 0 Å². The lowest BCUT2D eigenvalue weighted by Gasteiger charge is -2.26. The topological polar surface area (TPSA) is 15.3 Å². The van der Waals surface area contributed by atoms with E-state index in [1.165, 1.54) is 71.2 Å². The van der Waals surface area contributed by atoms with E-state index < -0.39 is 0 Å². The minimum Gasteiger partial charge on any atom is -0.316 e. The van der Waals surface area contributed by atoms with Crippen LogP contribution in [0.15, 0.2) is 12.2 Å². The van der Waals surface area contributed by atoms with Gasteiger partial charge in [0, 0.05) is 0 Å². The van der Waals surface area contributed by atoms with E-state index in [1.54, 1.807) is 0 Å². The highest BCUT2D eigenvalue weighted by Crippen LogP contribution is 2.42. The molecule has 1 N–H and O–H groups in total. The summed E-state index contributed by atoms with van der Waals surface area (Å²) in [6.07, 6.45) is 13.4. The van der Waals surface area contributed by atoms with Gasteiger partial charge in [0.05, 0.1) is 0 Å². The summed E-state index contributed by atoms with van der Waals surface area (Å²) in [6, 6.07) is 0. The SMILES string of the molecule is C1=CC2CC1CC2CNCCCN1CCCCC1. The summed E-state index contributed by atoms with van der Waals surface area (Å²) in [6.45, 7) is 6.47. The molecule has 0 radical (unpaired) electrons. The summed E-state index contributed by atoms with van der Waals surface area (Å²) in [5.74, 6) is 2.77. The molecule has 1 saturated carbocycles. The van der Waals surface area contributed by atoms with Crippen molar-refractivity contribution < 1.29 is 0 Å². The van der Waals surface area contributed by atoms with Gasteiger partial charge < -0.3 is 10.2 Å². The number of hydrogen-bond acceptors (Lipinski definition) is 2. The monoisotopic (exact) mass is 248 g/mol. The minimum absolute atomic E-state index is 0.907. The number of hydrogen-bond donors (Lipinski definition) is 1. The maximum absolute atomic E-state index is 3.69. The zero-order chi connectivity index (χ0) is 12.2. The Morgan fingerprint density at radius 3 is 2.67 bits per heavy atom. The average Bonchev–Trinajstić information content (AvgIpc) is 3.02. The van der Waals surface area contributed by atoms with Gasteiger partial charge >= 0.3 is 0 Å². The van der Waals surface area contributed by atoms with E-state index >= 15 is 0 Å². The van der Waals surface area contributed by atoms with E-state index in [4.69, 9.17) is 0 Å². The number of nitrogens with one attached hydrogen (secondary N) is 1. The fourth-order valence-corrected chi connectivity index (χ4v) is 4.03. The molecule has 18 heavy (non-hydrogen) atoms. The van der Waals surface area contributed by atoms with Crippen LogP contribution < -0.4 is 5.32 Å². The highest BCUT2D eigenvalue weighted by Gasteiger charge is 2.34. The normalized spacial score (nSPS) is 35.4. The van der Waals surface area contributed by atoms with Crippen LogP contribution in [-0.4, -0.2) is 37.6 Å². The van der Waals surface area contributed by atoms with Gasteiger partial charge in [-0.05, 0) is 82.6 Å². The molecule has 0 aromatic rings. The van der Waals surface area contributed by atoms with Gasteiger partial charge in [-0.1, -0.05) is 18.6 Å². The van der Waals surface area contributed by atoms with Crippen molar-refractivity contribution in [1.82, 2.24) is 10.2 Å². The Morgan fingerprint density at radius 2 is 1.94 bits per heavy atom. The van der Waals surface area contributed by atoms with Crippen LogP contribution in [0.5, 0.6) is 0 Å². The van der Waals surface area contributed by atoms with E-state index in [-0.39, 0.29) is 0 Å². The van der Waals surface area contributed by atoms with Crippen molar-refractivity contribution in [3.05, 3.63) is 12.2 Å². The number of allylic oxidation sites excluding steroid dienone is 2. The third-order valence-electron chi connectivity index (χ3n) is 5.10. The second-order valence-corrected chi connectivity index (χ2v) is 6.50. The van der Waals surface area contributed by atoms with Gasteiger partial charge in [-0.15, -0.1) is 0 Å². The van der Waals surface area contributed by atoms with E-state index in [0.29, 0.717) is 0 Å². The van der Waals surface area contributed by atoms with Crippen LogP contribution in [0, 0.1) is 17.8 Å². The number of likely N-dealkylation sites (tertiary alicyclic amines) is 1. The van der Waals surface area contributed by atoms with Crippen LogP contribution in [0.2, 0.25) is 0 Å². The van der Waals surface area contributed by atoms with Crippen LogP contribution in [0.1, 0.15) is 38.5 Å². The molecular weight excluding hydrogens is 220 g/mol. The van der Waals surface area contributed by atoms with Crippen molar-refractivity contribution in [1.29, 1.82) is 0 Å². The Balaban J connectivity index is 1.24. The van der Waals surface area contributed by atoms with Crippen LogP contribution >= 0.6 is 0 Å². The molecule has 102 valence electrons. The number of piperidine rings is 1. The zero-order valence-electron chi connectivity index (χ0n) is 11.6. The van der Waals surface area contributed by atoms with Crippen LogP contribution in [0.25, 0.3) is 0 Å². The first-order valence-electron chi connectivity index (χ1n) is 8.03. The van der Waals surface area contributed by atoms with Crippen molar-refractivity contribution in [2.45, 2.75) is 38.5 Å². The van der Waals surface area contributed by atoms with Gasteiger partial charge in [-0.3, -0.25) is 0 Å². The Morgan fingerprint density at radius 1 is 1.06 bits per heavy atom. The van der Waals surface area contributed by atoms with Crippen molar-refractivity contribution in [2.24, 2.45) is 17.8 Å². The lowest BCUT2D eigenvalue weighted by molar-refractivity contribution is 0.225. The third kappa shape index (κ3) is 3.16. The molecule has 1 saturated heterocycles. The summed E-state index contributed by atoms with van der Waals surface area (Å²) in [5.41, 5.74) is 0. The van der Waals surface area contributed by atoms with Crippen molar-refractivity contribution in [2.75, 3.05) is 32.7 Å². The smallest absolute Gasteiger partial charge is 0.000664 e. The van der Waals surface area contributed by atoms with Crippen molar-refractivity contribution in [3.8, 4) is 0 Å². The standard InChI is InChI=1S/C16H28N2/c1-2-8-18(9-3-1)10-4-7-17-13-16-12-14-5-6-15(16)11-14/h5-6,14-17H,1-4,7-13H2. The van der Waals surface area contributed by atoms with Gasteiger partial charge in [0.1, 0.15) is 0 Å². The first-order chi connectivity index (χ1) is 8.92. The molecule has 2 aliphatic carbocycles. The van der Waals surface area contributed by atoms with Crippen LogP contribution in [0.3, 0.4) is 0 Å². The Kier molecular flexibility index (Phi) is 4.37. The van der Waals surface area contributed by atoms with E-state index in [1.807, 2.05) is 0 Å². The molecule has 0 spiro atoms. The number of rotatable bonds is 6. The summed E-state index contributed by atoms with van der Waals surface area (Å²) in [7, 11) is 0. The highest BCUT2D eigenvalue weighted by atomic mass is 15.1. The Hall–Kier alpha value is -0.340. The molecule has 0 amide bonds. The molecule has 1 aliphatic heterocycles. The second kappa shape index (κ2) is 6.21. The fourth-order valence-electron chi connectivity index (χ4n) is 4.03. The summed E-state index contributed by atoms with van der Waals surface area (Å²) in [5, 5.41) is 3.69. The van der Waals surface area contributed by atoms with E-state index in [2.05, 4.69) is 22.4 Å². The summed E-state index contributed by atoms with van der Waals surface area (Å²) >= 11 is 0. The molecular formula is C16H28N2. The second-order valence-electron chi connectivity index (χ2n) is 6.50. The maximum atomic E-state index is 3.69. The molecule has 0 aromatic heterocycles. The largest absolute Gasteiger partial charge is 0.316 e. The number of fused-ring (bicyclic) bond motifs is 2. The highest BCUT2D eigenvalue weighted by molar-refractivity contribution is 5.10. The van der Waals surface area contributed by atoms with Crippen LogP contribution in [-0.2, 0) is 0 Å². The predicted octanol–water partition coefficient (Wildman–Crippen LogP) is 2.66. The van der Waals surface area contributed by atoms with Gasteiger partial charge in [-0.25, -0.2) is 0 Å². The van der Waals surface area contributed by atoms with Crippen molar-refractivity contribution >= 4 is 0 Å². The molecule has 3 rings (SSSR count). The summed E-state index contributed by atoms with van der Waals surface area (Å²) in [4.78, 5) is 2.64. The molecule has 2 heteroatoms.